The molecule has 5 aliphatic rings. The number of aromatic nitrogens is 12. The van der Waals surface area contributed by atoms with Gasteiger partial charge in [0.1, 0.15) is 58.5 Å². The lowest BCUT2D eigenvalue weighted by atomic mass is 9.88. The third-order valence-electron chi connectivity index (χ3n) is 19.3. The molecule has 7 aromatic rings. The number of para-hydroxylation sites is 1. The highest BCUT2D eigenvalue weighted by atomic mass is 79.9. The van der Waals surface area contributed by atoms with Crippen molar-refractivity contribution in [3.8, 4) is 5.75 Å². The lowest BCUT2D eigenvalue weighted by Gasteiger charge is -2.25. The predicted molar refractivity (Wildman–Crippen MR) is 382 cm³/mol. The molecular formula is C65H94BrClF5N18O14P. The highest BCUT2D eigenvalue weighted by Crippen LogP contribution is 2.51. The van der Waals surface area contributed by atoms with E-state index in [2.05, 4.69) is 76.5 Å². The van der Waals surface area contributed by atoms with E-state index in [1.54, 1.807) is 76.7 Å². The number of rotatable bonds is 18. The molecule has 0 bridgehead atoms. The van der Waals surface area contributed by atoms with Gasteiger partial charge in [-0.2, -0.15) is 35.0 Å². The molecule has 0 aliphatic carbocycles. The molecule has 582 valence electrons. The molecule has 12 rings (SSSR count). The van der Waals surface area contributed by atoms with Crippen LogP contribution in [0.25, 0.3) is 33.5 Å². The van der Waals surface area contributed by atoms with Gasteiger partial charge in [0.25, 0.3) is 0 Å². The standard InChI is InChI=1S/C24H33FN7O7P.C13H17ClFN5O.C12H17FN6O3.C8H14BrFO.C8H13FO2/c1-13(2)37-21(34)14(3)31-40(35,39-15-9-7-6-8-10-15)36-11-16-18(33)24(4,25)22(38-16)32-12-28-17-19(27-5)29-23(26)30-20(17)32;1-4-7-6(2)13(3,15)11(21-7)20-5-17-8-9(14)18-12(16)19-10(8)20;1-12(13)7(21)5(3-20)22-10(12)19-4-16-6-8(15-2)17-11(14)18-9(6)19;1-4-6-5(2)8(3,10)7(9)11-6;1-4-6-5(2)8(3,9)7(10)11-6/h6-10,12-14,16,18,22,33H,11H2,1-5H3,(H,31,35)(H3,26,27,29,30);5-7,11H,4H2,1-3H3,(H2,16,18,19);4-5,7,10,20-21H,3H2,1-2H3,(H3,14,15,17,18);5-7H,4H2,1-3H3;5-6H,4H2,1-3H3/t14-,16+,18+,22+,24+,40?;6-,7-,11-,13-;5-,7-,10-,12-;5-,6-,7+,8-;5-,6-,8-/m01111/s1. The highest BCUT2D eigenvalue weighted by molar-refractivity contribution is 9.09. The fraction of sp³-hybridized carbons (Fsp3) is 0.646. The number of cyclic esters (lactones) is 1. The van der Waals surface area contributed by atoms with Crippen molar-refractivity contribution in [2.75, 3.05) is 55.1 Å². The number of hydrogen-bond acceptors (Lipinski definition) is 28. The average Bonchev–Trinajstić information content (AvgIpc) is 1.61. The number of alkyl halides is 6. The molecule has 0 saturated carbocycles. The number of anilines is 5. The number of nitrogens with two attached hydrogens (primary N) is 3. The summed E-state index contributed by atoms with van der Waals surface area (Å²) in [4.78, 5) is 60.0. The van der Waals surface area contributed by atoms with Gasteiger partial charge in [0.05, 0.1) is 50.5 Å². The Bertz CT molecular complexity index is 4190. The van der Waals surface area contributed by atoms with Crippen LogP contribution in [-0.4, -0.2) is 201 Å². The maximum Gasteiger partial charge on any atom is 0.459 e. The van der Waals surface area contributed by atoms with Crippen molar-refractivity contribution in [2.24, 2.45) is 17.8 Å². The number of fused-ring (bicyclic) bond motifs is 3. The van der Waals surface area contributed by atoms with Crippen LogP contribution >= 0.6 is 35.3 Å². The first-order valence-corrected chi connectivity index (χ1v) is 36.8. The Morgan fingerprint density at radius 2 is 1.08 bits per heavy atom. The first-order valence-electron chi connectivity index (χ1n) is 34.0. The number of esters is 2. The van der Waals surface area contributed by atoms with Crippen LogP contribution in [0.5, 0.6) is 5.75 Å². The minimum Gasteiger partial charge on any atom is -0.462 e. The van der Waals surface area contributed by atoms with E-state index in [0.717, 1.165) is 19.8 Å². The maximum atomic E-state index is 16.0. The monoisotopic (exact) mass is 1590 g/mol. The van der Waals surface area contributed by atoms with Crippen molar-refractivity contribution in [1.29, 1.82) is 0 Å². The Hall–Kier alpha value is -7.10. The van der Waals surface area contributed by atoms with Crippen molar-refractivity contribution in [1.82, 2.24) is 63.6 Å². The maximum absolute atomic E-state index is 16.0. The van der Waals surface area contributed by atoms with Crippen molar-refractivity contribution in [3.63, 3.8) is 0 Å². The second-order valence-electron chi connectivity index (χ2n) is 27.1. The molecule has 5 aliphatic heterocycles. The normalized spacial score (nSPS) is 32.8. The van der Waals surface area contributed by atoms with Crippen molar-refractivity contribution in [2.45, 2.75) is 223 Å². The van der Waals surface area contributed by atoms with Gasteiger partial charge in [0.2, 0.25) is 23.5 Å². The zero-order valence-electron chi connectivity index (χ0n) is 60.9. The van der Waals surface area contributed by atoms with Crippen molar-refractivity contribution in [3.05, 3.63) is 54.5 Å². The number of aliphatic hydroxyl groups excluding tert-OH is 3. The SMILES string of the molecule is CC[C@H]1OC(=O)[C@](C)(F)[C@@H]1C.CC[C@H]1O[C@@H](n2cnc3c(Cl)nc(N)nc32)[C@](C)(F)[C@@H]1C.CC[C@H]1O[C@H](Br)[C@](C)(F)[C@@H]1C.CNc1nc(N)nc2c1ncn2[C@@H]1O[C@H](CO)[C@@H](O)[C@@]1(C)F.CNc1nc(N)nc2c1ncn2[C@@H]1O[C@H](COP(=O)(N[C@@H](C)C(=O)OC(C)C)Oc2ccccc2)[C@@H](O)[C@@]1(C)F. The molecule has 12 N–H and O–H groups in total. The second kappa shape index (κ2) is 33.2. The Labute approximate surface area is 616 Å². The van der Waals surface area contributed by atoms with Crippen LogP contribution in [0.4, 0.5) is 51.4 Å². The first kappa shape index (κ1) is 83.5. The van der Waals surface area contributed by atoms with E-state index in [-0.39, 0.29) is 76.1 Å². The lowest BCUT2D eigenvalue weighted by molar-refractivity contribution is -0.150. The summed E-state index contributed by atoms with van der Waals surface area (Å²) in [5.74, 6) is -1.11. The molecule has 5 fully saturated rings. The van der Waals surface area contributed by atoms with Gasteiger partial charge in [-0.05, 0) is 86.8 Å². The predicted octanol–water partition coefficient (Wildman–Crippen LogP) is 9.30. The molecule has 6 aromatic heterocycles. The molecule has 5 saturated heterocycles. The Balaban J connectivity index is 0.000000182. The number of hydrogen-bond donors (Lipinski definition) is 9. The number of carbonyl (C=O) groups is 2. The number of ether oxygens (including phenoxy) is 6. The van der Waals surface area contributed by atoms with Crippen LogP contribution in [-0.2, 0) is 47.1 Å². The molecule has 0 radical (unpaired) electrons. The number of aliphatic hydroxyl groups is 3. The minimum absolute atomic E-state index is 0.00332. The molecular weight excluding hydrogens is 1500 g/mol. The first-order chi connectivity index (χ1) is 49.1. The third-order valence-corrected chi connectivity index (χ3v) is 22.3. The van der Waals surface area contributed by atoms with Gasteiger partial charge in [0, 0.05) is 31.8 Å². The third kappa shape index (κ3) is 17.4. The Kier molecular flexibility index (Phi) is 26.4. The van der Waals surface area contributed by atoms with Crippen LogP contribution in [0.3, 0.4) is 0 Å². The zero-order chi connectivity index (χ0) is 78.0. The van der Waals surface area contributed by atoms with Crippen LogP contribution in [0.2, 0.25) is 5.15 Å². The number of benzene rings is 1. The summed E-state index contributed by atoms with van der Waals surface area (Å²) in [6.45, 7) is 21.8. The van der Waals surface area contributed by atoms with Crippen LogP contribution in [0.1, 0.15) is 135 Å². The minimum atomic E-state index is -4.28. The van der Waals surface area contributed by atoms with E-state index < -0.39 is 122 Å². The summed E-state index contributed by atoms with van der Waals surface area (Å²) in [5.41, 5.74) is 9.99. The summed E-state index contributed by atoms with van der Waals surface area (Å²) in [5, 5.41) is 37.9. The molecule has 1 unspecified atom stereocenters. The molecule has 32 nitrogen and oxygen atoms in total. The van der Waals surface area contributed by atoms with Crippen LogP contribution < -0.4 is 37.4 Å². The highest BCUT2D eigenvalue weighted by Gasteiger charge is 2.58. The van der Waals surface area contributed by atoms with Crippen LogP contribution in [0.15, 0.2) is 49.3 Å². The average molecular weight is 1590 g/mol. The topological polar surface area (TPSA) is 431 Å². The van der Waals surface area contributed by atoms with E-state index in [4.69, 9.17) is 66.3 Å². The van der Waals surface area contributed by atoms with E-state index in [0.29, 0.717) is 40.3 Å². The molecule has 40 heteroatoms. The fourth-order valence-corrected chi connectivity index (χ4v) is 14.8. The number of halogens is 7. The van der Waals surface area contributed by atoms with E-state index in [9.17, 15) is 42.6 Å². The number of nitrogens with zero attached hydrogens (tertiary/aromatic N) is 12. The van der Waals surface area contributed by atoms with Gasteiger partial charge in [-0.25, -0.2) is 46.3 Å². The zero-order valence-corrected chi connectivity index (χ0v) is 64.2. The smallest absolute Gasteiger partial charge is 0.459 e. The van der Waals surface area contributed by atoms with Gasteiger partial charge in [-0.1, -0.05) is 87.3 Å². The molecule has 105 heavy (non-hydrogen) atoms. The largest absolute Gasteiger partial charge is 0.462 e. The van der Waals surface area contributed by atoms with Crippen molar-refractivity contribution < 1.29 is 88.9 Å². The summed E-state index contributed by atoms with van der Waals surface area (Å²) in [7, 11) is -1.01. The van der Waals surface area contributed by atoms with Gasteiger partial charge in [-0.3, -0.25) is 23.0 Å². The summed E-state index contributed by atoms with van der Waals surface area (Å²) in [6.07, 6.45) is -3.24. The van der Waals surface area contributed by atoms with Gasteiger partial charge in [-0.15, -0.1) is 0 Å². The van der Waals surface area contributed by atoms with E-state index in [1.807, 2.05) is 34.6 Å². The molecule has 11 heterocycles. The quantitative estimate of drug-likeness (QED) is 0.0127. The molecule has 0 amide bonds. The van der Waals surface area contributed by atoms with E-state index in [1.165, 1.54) is 55.8 Å². The molecule has 0 spiro atoms. The summed E-state index contributed by atoms with van der Waals surface area (Å²) < 4.78 is 135. The summed E-state index contributed by atoms with van der Waals surface area (Å²) >= 11 is 9.18. The summed E-state index contributed by atoms with van der Waals surface area (Å²) in [6, 6.07) is 7.05. The van der Waals surface area contributed by atoms with Gasteiger partial charge >= 0.3 is 19.7 Å². The van der Waals surface area contributed by atoms with Gasteiger partial charge in [0.15, 0.2) is 80.5 Å². The van der Waals surface area contributed by atoms with E-state index >= 15 is 8.78 Å². The Morgan fingerprint density at radius 3 is 1.48 bits per heavy atom. The number of imidazole rings is 3. The number of nitrogen functional groups attached to an aromatic ring is 3. The van der Waals surface area contributed by atoms with Crippen molar-refractivity contribution >= 4 is 110 Å². The van der Waals surface area contributed by atoms with Crippen LogP contribution in [0, 0.1) is 17.8 Å². The lowest BCUT2D eigenvalue weighted by Crippen LogP contribution is -2.41. The fourth-order valence-electron chi connectivity index (χ4n) is 12.4. The molecule has 1 aromatic carbocycles. The Morgan fingerprint density at radius 1 is 0.648 bits per heavy atom. The van der Waals surface area contributed by atoms with Gasteiger partial charge < -0.3 is 76.1 Å². The second-order valence-corrected chi connectivity index (χ2v) is 30.0. The molecule has 21 atom stereocenters. The number of carbonyl (C=O) groups excluding carboxylic acids is 2. The number of nitrogens with one attached hydrogen (secondary N) is 3.